The third-order valence-corrected chi connectivity index (χ3v) is 5.46. The Morgan fingerprint density at radius 3 is 2.83 bits per heavy atom. The highest BCUT2D eigenvalue weighted by molar-refractivity contribution is 5.97. The van der Waals surface area contributed by atoms with Gasteiger partial charge in [0.15, 0.2) is 0 Å². The zero-order valence-electron chi connectivity index (χ0n) is 16.7. The molecule has 0 bridgehead atoms. The van der Waals surface area contributed by atoms with Gasteiger partial charge in [0, 0.05) is 43.0 Å². The van der Waals surface area contributed by atoms with Gasteiger partial charge < -0.3 is 10.2 Å². The van der Waals surface area contributed by atoms with E-state index in [2.05, 4.69) is 35.8 Å². The topological polar surface area (TPSA) is 100 Å². The van der Waals surface area contributed by atoms with Crippen LogP contribution in [0.15, 0.2) is 43.0 Å². The standard InChI is InChI=1S/C20H22FN9/c1-20(2,21)17-12-29(9-7-22-17)19-23-11-15(26-28-19)13-4-5-16(30-8-3-6-25-30)18-14(13)10-24-27-18/h3-6,8,10-11,17,22H,7,9,12H2,1-2H3,(H,24,27)/t17-/m1/s1. The molecule has 0 spiro atoms. The Labute approximate surface area is 172 Å². The highest BCUT2D eigenvalue weighted by Crippen LogP contribution is 2.30. The van der Waals surface area contributed by atoms with Crippen molar-refractivity contribution in [3.63, 3.8) is 0 Å². The lowest BCUT2D eigenvalue weighted by Crippen LogP contribution is -2.58. The Balaban J connectivity index is 1.45. The van der Waals surface area contributed by atoms with Gasteiger partial charge in [-0.15, -0.1) is 10.2 Å². The van der Waals surface area contributed by atoms with Gasteiger partial charge in [-0.3, -0.25) is 5.10 Å². The minimum atomic E-state index is -1.32. The number of hydrogen-bond acceptors (Lipinski definition) is 7. The molecule has 1 aliphatic heterocycles. The summed E-state index contributed by atoms with van der Waals surface area (Å²) in [4.78, 5) is 6.48. The maximum absolute atomic E-state index is 14.3. The molecule has 0 saturated carbocycles. The summed E-state index contributed by atoms with van der Waals surface area (Å²) in [6.07, 6.45) is 7.08. The van der Waals surface area contributed by atoms with Gasteiger partial charge in [0.2, 0.25) is 5.95 Å². The summed E-state index contributed by atoms with van der Waals surface area (Å²) in [7, 11) is 0. The van der Waals surface area contributed by atoms with Gasteiger partial charge in [-0.25, -0.2) is 14.1 Å². The number of aromatic nitrogens is 7. The summed E-state index contributed by atoms with van der Waals surface area (Å²) in [6, 6.07) is 5.51. The lowest BCUT2D eigenvalue weighted by atomic mass is 9.99. The minimum absolute atomic E-state index is 0.282. The van der Waals surface area contributed by atoms with E-state index in [1.807, 2.05) is 29.3 Å². The predicted molar refractivity (Wildman–Crippen MR) is 111 cm³/mol. The largest absolute Gasteiger partial charge is 0.337 e. The average Bonchev–Trinajstić information content (AvgIpc) is 3.45. The van der Waals surface area contributed by atoms with Crippen molar-refractivity contribution < 1.29 is 4.39 Å². The molecule has 1 aromatic carbocycles. The van der Waals surface area contributed by atoms with Crippen LogP contribution in [0.3, 0.4) is 0 Å². The van der Waals surface area contributed by atoms with Crippen LogP contribution in [0.4, 0.5) is 10.3 Å². The molecule has 0 amide bonds. The molecule has 2 N–H and O–H groups in total. The summed E-state index contributed by atoms with van der Waals surface area (Å²) in [6.45, 7) is 5.04. The molecule has 4 heterocycles. The van der Waals surface area contributed by atoms with Crippen LogP contribution in [0, 0.1) is 0 Å². The Morgan fingerprint density at radius 1 is 1.20 bits per heavy atom. The summed E-state index contributed by atoms with van der Waals surface area (Å²) in [5.41, 5.74) is 1.96. The van der Waals surface area contributed by atoms with Crippen molar-refractivity contribution in [3.8, 4) is 16.9 Å². The van der Waals surface area contributed by atoms with Gasteiger partial charge in [0.1, 0.15) is 11.4 Å². The van der Waals surface area contributed by atoms with Crippen LogP contribution in [0.5, 0.6) is 0 Å². The first-order chi connectivity index (χ1) is 14.5. The fourth-order valence-electron chi connectivity index (χ4n) is 3.78. The van der Waals surface area contributed by atoms with Crippen molar-refractivity contribution in [1.82, 2.24) is 40.5 Å². The highest BCUT2D eigenvalue weighted by atomic mass is 19.1. The van der Waals surface area contributed by atoms with E-state index in [0.717, 1.165) is 22.2 Å². The number of piperazine rings is 1. The molecule has 1 atom stereocenters. The molecule has 0 aliphatic carbocycles. The van der Waals surface area contributed by atoms with Crippen molar-refractivity contribution in [1.29, 1.82) is 0 Å². The molecule has 1 saturated heterocycles. The van der Waals surface area contributed by atoms with Crippen LogP contribution in [0.1, 0.15) is 13.8 Å². The summed E-state index contributed by atoms with van der Waals surface area (Å²) in [5.74, 6) is 0.506. The molecule has 0 unspecified atom stereocenters. The average molecular weight is 407 g/mol. The molecule has 30 heavy (non-hydrogen) atoms. The Kier molecular flexibility index (Phi) is 4.43. The van der Waals surface area contributed by atoms with Gasteiger partial charge in [0.05, 0.1) is 29.6 Å². The number of fused-ring (bicyclic) bond motifs is 1. The van der Waals surface area contributed by atoms with Gasteiger partial charge in [-0.05, 0) is 32.0 Å². The SMILES string of the molecule is CC(C)(F)[C@H]1CN(c2ncc(-c3ccc(-n4cccn4)c4[nH]ncc34)nn2)CCN1. The Morgan fingerprint density at radius 2 is 2.10 bits per heavy atom. The maximum atomic E-state index is 14.3. The van der Waals surface area contributed by atoms with Crippen molar-refractivity contribution in [2.45, 2.75) is 25.6 Å². The molecule has 154 valence electrons. The van der Waals surface area contributed by atoms with E-state index in [-0.39, 0.29) is 6.04 Å². The van der Waals surface area contributed by atoms with E-state index in [1.54, 1.807) is 37.1 Å². The molecule has 0 radical (unpaired) electrons. The first kappa shape index (κ1) is 18.6. The molecule has 1 aliphatic rings. The van der Waals surface area contributed by atoms with E-state index in [4.69, 9.17) is 0 Å². The van der Waals surface area contributed by atoms with E-state index in [0.29, 0.717) is 31.3 Å². The lowest BCUT2D eigenvalue weighted by molar-refractivity contribution is 0.143. The van der Waals surface area contributed by atoms with Crippen molar-refractivity contribution in [2.75, 3.05) is 24.5 Å². The summed E-state index contributed by atoms with van der Waals surface area (Å²) in [5, 5.41) is 24.4. The number of aromatic amines is 1. The third-order valence-electron chi connectivity index (χ3n) is 5.46. The molecule has 10 heteroatoms. The Bertz CT molecular complexity index is 1150. The second-order valence-corrected chi connectivity index (χ2v) is 7.90. The second kappa shape index (κ2) is 7.13. The monoisotopic (exact) mass is 407 g/mol. The molecular weight excluding hydrogens is 385 g/mol. The number of nitrogens with zero attached hydrogens (tertiary/aromatic N) is 7. The van der Waals surface area contributed by atoms with Gasteiger partial charge >= 0.3 is 0 Å². The van der Waals surface area contributed by atoms with Crippen LogP contribution in [0.25, 0.3) is 27.8 Å². The van der Waals surface area contributed by atoms with Crippen LogP contribution in [0.2, 0.25) is 0 Å². The Hall–Kier alpha value is -3.40. The number of hydrogen-bond donors (Lipinski definition) is 2. The maximum Gasteiger partial charge on any atom is 0.245 e. The first-order valence-electron chi connectivity index (χ1n) is 9.84. The van der Waals surface area contributed by atoms with Crippen LogP contribution in [-0.4, -0.2) is 66.5 Å². The second-order valence-electron chi connectivity index (χ2n) is 7.90. The van der Waals surface area contributed by atoms with Gasteiger partial charge in [-0.1, -0.05) is 0 Å². The van der Waals surface area contributed by atoms with E-state index >= 15 is 0 Å². The van der Waals surface area contributed by atoms with Crippen LogP contribution in [-0.2, 0) is 0 Å². The quantitative estimate of drug-likeness (QED) is 0.534. The zero-order chi connectivity index (χ0) is 20.7. The third kappa shape index (κ3) is 3.28. The molecule has 1 fully saturated rings. The number of H-pyrrole nitrogens is 1. The van der Waals surface area contributed by atoms with Gasteiger partial charge in [0.25, 0.3) is 0 Å². The molecule has 4 aromatic rings. The minimum Gasteiger partial charge on any atom is -0.337 e. The highest BCUT2D eigenvalue weighted by Gasteiger charge is 2.33. The van der Waals surface area contributed by atoms with Gasteiger partial charge in [-0.2, -0.15) is 10.2 Å². The van der Waals surface area contributed by atoms with E-state index in [1.165, 1.54) is 0 Å². The number of alkyl halides is 1. The fourth-order valence-corrected chi connectivity index (χ4v) is 3.78. The molecule has 5 rings (SSSR count). The van der Waals surface area contributed by atoms with Crippen molar-refractivity contribution >= 4 is 16.9 Å². The summed E-state index contributed by atoms with van der Waals surface area (Å²) >= 11 is 0. The number of rotatable bonds is 4. The van der Waals surface area contributed by atoms with Crippen LogP contribution < -0.4 is 10.2 Å². The number of benzene rings is 1. The molecular formula is C20H22FN9. The predicted octanol–water partition coefficient (Wildman–Crippen LogP) is 2.13. The normalized spacial score (nSPS) is 17.6. The van der Waals surface area contributed by atoms with E-state index in [9.17, 15) is 4.39 Å². The first-order valence-corrected chi connectivity index (χ1v) is 9.84. The van der Waals surface area contributed by atoms with Crippen LogP contribution >= 0.6 is 0 Å². The molecule has 3 aromatic heterocycles. The lowest BCUT2D eigenvalue weighted by Gasteiger charge is -2.38. The zero-order valence-corrected chi connectivity index (χ0v) is 16.7. The number of anilines is 1. The number of halogens is 1. The van der Waals surface area contributed by atoms with Crippen molar-refractivity contribution in [2.24, 2.45) is 0 Å². The fraction of sp³-hybridized carbons (Fsp3) is 0.350. The van der Waals surface area contributed by atoms with Crippen molar-refractivity contribution in [3.05, 3.63) is 43.0 Å². The summed E-state index contributed by atoms with van der Waals surface area (Å²) < 4.78 is 16.1. The number of nitrogens with one attached hydrogen (secondary N) is 2. The molecule has 9 nitrogen and oxygen atoms in total. The smallest absolute Gasteiger partial charge is 0.245 e. The van der Waals surface area contributed by atoms with E-state index < -0.39 is 5.67 Å².